The van der Waals surface area contributed by atoms with Crippen LogP contribution in [0, 0.1) is 0 Å². The molecule has 0 aromatic heterocycles. The van der Waals surface area contributed by atoms with Crippen molar-refractivity contribution in [3.05, 3.63) is 65.2 Å². The number of aliphatic hydroxyl groups excluding tert-OH is 1. The lowest BCUT2D eigenvalue weighted by molar-refractivity contribution is 0.0600. The average Bonchev–Trinajstić information content (AvgIpc) is 2.66. The molecule has 2 rings (SSSR count). The van der Waals surface area contributed by atoms with Crippen molar-refractivity contribution >= 4 is 17.7 Å². The van der Waals surface area contributed by atoms with E-state index < -0.39 is 6.10 Å². The average molecular weight is 359 g/mol. The number of aliphatic hydroxyl groups is 1. The second-order valence-electron chi connectivity index (χ2n) is 6.02. The zero-order chi connectivity index (χ0) is 18.1. The highest BCUT2D eigenvalue weighted by molar-refractivity contribution is 7.98. The smallest absolute Gasteiger partial charge is 0.338 e. The fraction of sp³-hybridized carbons (Fsp3) is 0.381. The lowest BCUT2D eigenvalue weighted by atomic mass is 10.0. The Morgan fingerprint density at radius 1 is 1.16 bits per heavy atom. The minimum atomic E-state index is -0.408. The normalized spacial score (nSPS) is 12.0. The van der Waals surface area contributed by atoms with E-state index in [4.69, 9.17) is 4.74 Å². The van der Waals surface area contributed by atoms with Gasteiger partial charge in [0.1, 0.15) is 0 Å². The summed E-state index contributed by atoms with van der Waals surface area (Å²) in [6.07, 6.45) is 3.74. The van der Waals surface area contributed by atoms with Crippen molar-refractivity contribution in [3.63, 3.8) is 0 Å². The van der Waals surface area contributed by atoms with Gasteiger partial charge in [-0.3, -0.25) is 0 Å². The fourth-order valence-electron chi connectivity index (χ4n) is 2.68. The maximum absolute atomic E-state index is 11.8. The first-order valence-electron chi connectivity index (χ1n) is 8.72. The quantitative estimate of drug-likeness (QED) is 0.371. The number of carbonyl (C=O) groups excluding carboxylic acids is 1. The maximum atomic E-state index is 11.8. The molecule has 1 atom stereocenters. The Balaban J connectivity index is 2.02. The number of hydrogen-bond acceptors (Lipinski definition) is 4. The second-order valence-corrected chi connectivity index (χ2v) is 7.07. The summed E-state index contributed by atoms with van der Waals surface area (Å²) in [7, 11) is 1.40. The SMILES string of the molecule is CCCCCC(O)c1cccc(SCc2ccccc2C(=O)OC)c1. The number of unbranched alkanes of at least 4 members (excludes halogenated alkanes) is 2. The second kappa shape index (κ2) is 10.3. The number of thioether (sulfide) groups is 1. The van der Waals surface area contributed by atoms with Crippen LogP contribution < -0.4 is 0 Å². The van der Waals surface area contributed by atoms with Crippen molar-refractivity contribution in [3.8, 4) is 0 Å². The van der Waals surface area contributed by atoms with Gasteiger partial charge < -0.3 is 9.84 Å². The Morgan fingerprint density at radius 3 is 2.72 bits per heavy atom. The molecular weight excluding hydrogens is 332 g/mol. The van der Waals surface area contributed by atoms with Gasteiger partial charge in [0.25, 0.3) is 0 Å². The van der Waals surface area contributed by atoms with E-state index in [9.17, 15) is 9.90 Å². The fourth-order valence-corrected chi connectivity index (χ4v) is 3.65. The third kappa shape index (κ3) is 5.91. The van der Waals surface area contributed by atoms with Crippen molar-refractivity contribution < 1.29 is 14.6 Å². The first-order chi connectivity index (χ1) is 12.2. The van der Waals surface area contributed by atoms with E-state index >= 15 is 0 Å². The third-order valence-electron chi connectivity index (χ3n) is 4.14. The molecule has 3 nitrogen and oxygen atoms in total. The number of methoxy groups -OCH3 is 1. The van der Waals surface area contributed by atoms with Crippen molar-refractivity contribution in [2.75, 3.05) is 7.11 Å². The molecule has 4 heteroatoms. The van der Waals surface area contributed by atoms with Crippen LogP contribution in [0.25, 0.3) is 0 Å². The predicted octanol–water partition coefficient (Wildman–Crippen LogP) is 5.38. The van der Waals surface area contributed by atoms with E-state index in [1.54, 1.807) is 17.8 Å². The zero-order valence-electron chi connectivity index (χ0n) is 14.9. The van der Waals surface area contributed by atoms with Gasteiger partial charge in [-0.25, -0.2) is 4.79 Å². The maximum Gasteiger partial charge on any atom is 0.338 e. The van der Waals surface area contributed by atoms with Crippen molar-refractivity contribution in [1.29, 1.82) is 0 Å². The number of esters is 1. The van der Waals surface area contributed by atoms with Gasteiger partial charge in [0.2, 0.25) is 0 Å². The highest BCUT2D eigenvalue weighted by atomic mass is 32.2. The summed E-state index contributed by atoms with van der Waals surface area (Å²) in [5, 5.41) is 10.3. The molecule has 0 radical (unpaired) electrons. The molecule has 0 spiro atoms. The molecule has 2 aromatic carbocycles. The molecule has 1 unspecified atom stereocenters. The van der Waals surface area contributed by atoms with E-state index in [0.717, 1.165) is 41.7 Å². The first-order valence-corrected chi connectivity index (χ1v) is 9.71. The predicted molar refractivity (Wildman–Crippen MR) is 103 cm³/mol. The van der Waals surface area contributed by atoms with Crippen LogP contribution in [0.3, 0.4) is 0 Å². The third-order valence-corrected chi connectivity index (χ3v) is 5.18. The molecule has 0 aliphatic heterocycles. The van der Waals surface area contributed by atoms with Gasteiger partial charge in [-0.2, -0.15) is 0 Å². The highest BCUT2D eigenvalue weighted by Crippen LogP contribution is 2.28. The molecule has 0 fully saturated rings. The Morgan fingerprint density at radius 2 is 1.96 bits per heavy atom. The Bertz CT molecular complexity index is 684. The topological polar surface area (TPSA) is 46.5 Å². The molecule has 0 saturated heterocycles. The summed E-state index contributed by atoms with van der Waals surface area (Å²) >= 11 is 1.66. The van der Waals surface area contributed by atoms with Crippen molar-refractivity contribution in [2.45, 2.75) is 49.4 Å². The lowest BCUT2D eigenvalue weighted by Crippen LogP contribution is -2.04. The Hall–Kier alpha value is -1.78. The van der Waals surface area contributed by atoms with Crippen molar-refractivity contribution in [1.82, 2.24) is 0 Å². The number of ether oxygens (including phenoxy) is 1. The summed E-state index contributed by atoms with van der Waals surface area (Å²) in [5.74, 6) is 0.372. The van der Waals surface area contributed by atoms with Crippen LogP contribution in [-0.4, -0.2) is 18.2 Å². The van der Waals surface area contributed by atoms with Gasteiger partial charge in [-0.1, -0.05) is 56.5 Å². The van der Waals surface area contributed by atoms with Crippen LogP contribution in [-0.2, 0) is 10.5 Å². The van der Waals surface area contributed by atoms with Gasteiger partial charge >= 0.3 is 5.97 Å². The van der Waals surface area contributed by atoms with E-state index in [-0.39, 0.29) is 5.97 Å². The summed E-state index contributed by atoms with van der Waals surface area (Å²) in [5.41, 5.74) is 2.52. The summed E-state index contributed by atoms with van der Waals surface area (Å²) in [4.78, 5) is 12.9. The van der Waals surface area contributed by atoms with Gasteiger partial charge in [-0.05, 0) is 35.7 Å². The van der Waals surface area contributed by atoms with Crippen LogP contribution in [0.4, 0.5) is 0 Å². The number of benzene rings is 2. The van der Waals surface area contributed by atoms with E-state index in [0.29, 0.717) is 11.3 Å². The molecule has 0 saturated carbocycles. The molecule has 2 aromatic rings. The summed E-state index contributed by atoms with van der Waals surface area (Å²) < 4.78 is 4.85. The van der Waals surface area contributed by atoms with Crippen LogP contribution in [0.5, 0.6) is 0 Å². The van der Waals surface area contributed by atoms with Crippen LogP contribution in [0.15, 0.2) is 53.4 Å². The van der Waals surface area contributed by atoms with E-state index in [2.05, 4.69) is 6.92 Å². The zero-order valence-corrected chi connectivity index (χ0v) is 15.7. The van der Waals surface area contributed by atoms with Crippen LogP contribution >= 0.6 is 11.8 Å². The minimum Gasteiger partial charge on any atom is -0.465 e. The number of carbonyl (C=O) groups is 1. The molecule has 0 heterocycles. The largest absolute Gasteiger partial charge is 0.465 e. The van der Waals surface area contributed by atoms with E-state index in [1.165, 1.54) is 7.11 Å². The van der Waals surface area contributed by atoms with E-state index in [1.807, 2.05) is 42.5 Å². The molecule has 0 aliphatic carbocycles. The summed E-state index contributed by atoms with van der Waals surface area (Å²) in [6.45, 7) is 2.16. The molecular formula is C21H26O3S. The van der Waals surface area contributed by atoms with Crippen LogP contribution in [0.1, 0.15) is 60.2 Å². The number of hydrogen-bond donors (Lipinski definition) is 1. The van der Waals surface area contributed by atoms with Gasteiger partial charge in [-0.15, -0.1) is 11.8 Å². The lowest BCUT2D eigenvalue weighted by Gasteiger charge is -2.12. The molecule has 0 aliphatic rings. The Kier molecular flexibility index (Phi) is 8.02. The molecule has 25 heavy (non-hydrogen) atoms. The molecule has 134 valence electrons. The summed E-state index contributed by atoms with van der Waals surface area (Å²) in [6, 6.07) is 15.5. The molecule has 0 amide bonds. The minimum absolute atomic E-state index is 0.309. The number of rotatable bonds is 9. The van der Waals surface area contributed by atoms with Gasteiger partial charge in [0.05, 0.1) is 18.8 Å². The highest BCUT2D eigenvalue weighted by Gasteiger charge is 2.12. The van der Waals surface area contributed by atoms with Crippen LogP contribution in [0.2, 0.25) is 0 Å². The van der Waals surface area contributed by atoms with Crippen molar-refractivity contribution in [2.24, 2.45) is 0 Å². The molecule has 1 N–H and O–H groups in total. The Labute approximate surface area is 154 Å². The van der Waals surface area contributed by atoms with Gasteiger partial charge in [0, 0.05) is 10.6 Å². The monoisotopic (exact) mass is 358 g/mol. The van der Waals surface area contributed by atoms with Gasteiger partial charge in [0.15, 0.2) is 0 Å². The first kappa shape index (κ1) is 19.5. The molecule has 0 bridgehead atoms. The standard InChI is InChI=1S/C21H26O3S/c1-3-4-5-13-20(22)16-10-8-11-18(14-16)25-15-17-9-6-7-12-19(17)21(23)24-2/h6-12,14,20,22H,3-5,13,15H2,1-2H3.